The number of pyridine rings is 1. The first-order valence-electron chi connectivity index (χ1n) is 12.5. The van der Waals surface area contributed by atoms with E-state index in [1.165, 1.54) is 18.2 Å². The van der Waals surface area contributed by atoms with Crippen LogP contribution < -0.4 is 10.6 Å². The number of carbonyl (C=O) groups is 1. The molecule has 5 rings (SSSR count). The summed E-state index contributed by atoms with van der Waals surface area (Å²) in [4.78, 5) is 20.6. The number of nitrogens with zero attached hydrogens (tertiary/aromatic N) is 2. The Balaban J connectivity index is 1.35. The molecule has 40 heavy (non-hydrogen) atoms. The molecule has 0 radical (unpaired) electrons. The molecule has 3 atom stereocenters. The van der Waals surface area contributed by atoms with Crippen molar-refractivity contribution in [3.63, 3.8) is 0 Å². The smallest absolute Gasteiger partial charge is 0.382 e. The summed E-state index contributed by atoms with van der Waals surface area (Å²) in [7, 11) is 0. The van der Waals surface area contributed by atoms with E-state index in [4.69, 9.17) is 0 Å². The van der Waals surface area contributed by atoms with E-state index >= 15 is 0 Å². The van der Waals surface area contributed by atoms with E-state index in [9.17, 15) is 35.5 Å². The van der Waals surface area contributed by atoms with Crippen LogP contribution in [-0.2, 0) is 11.0 Å². The second-order valence-corrected chi connectivity index (χ2v) is 9.81. The summed E-state index contributed by atoms with van der Waals surface area (Å²) in [6, 6.07) is 9.49. The molecule has 2 N–H and O–H groups in total. The Morgan fingerprint density at radius 2 is 1.65 bits per heavy atom. The van der Waals surface area contributed by atoms with E-state index < -0.39 is 53.0 Å². The lowest BCUT2D eigenvalue weighted by Gasteiger charge is -2.31. The minimum atomic E-state index is -4.89. The van der Waals surface area contributed by atoms with E-state index in [1.54, 1.807) is 18.2 Å². The first kappa shape index (κ1) is 27.6. The molecule has 2 aromatic carbocycles. The van der Waals surface area contributed by atoms with Crippen LogP contribution in [0.25, 0.3) is 10.9 Å². The Kier molecular flexibility index (Phi) is 7.28. The highest BCUT2D eigenvalue weighted by atomic mass is 19.4. The molecular formula is C28H23F7N4O. The molecule has 210 valence electrons. The summed E-state index contributed by atoms with van der Waals surface area (Å²) in [6.07, 6.45) is -6.76. The maximum absolute atomic E-state index is 14.0. The maximum Gasteiger partial charge on any atom is 0.433 e. The van der Waals surface area contributed by atoms with Crippen LogP contribution in [0.4, 0.5) is 36.4 Å². The van der Waals surface area contributed by atoms with Gasteiger partial charge in [0.05, 0.1) is 16.7 Å². The number of fused-ring (bicyclic) bond motifs is 1. The monoisotopic (exact) mass is 564 g/mol. The van der Waals surface area contributed by atoms with Gasteiger partial charge >= 0.3 is 12.4 Å². The van der Waals surface area contributed by atoms with Crippen molar-refractivity contribution in [2.45, 2.75) is 56.2 Å². The zero-order valence-electron chi connectivity index (χ0n) is 20.8. The number of halogens is 7. The molecule has 1 fully saturated rings. The molecule has 12 heteroatoms. The van der Waals surface area contributed by atoms with E-state index in [2.05, 4.69) is 20.6 Å². The number of amides is 1. The maximum atomic E-state index is 14.0. The van der Waals surface area contributed by atoms with E-state index in [-0.39, 0.29) is 29.2 Å². The van der Waals surface area contributed by atoms with Gasteiger partial charge in [-0.3, -0.25) is 9.79 Å². The summed E-state index contributed by atoms with van der Waals surface area (Å²) < 4.78 is 96.1. The first-order valence-corrected chi connectivity index (χ1v) is 12.5. The van der Waals surface area contributed by atoms with Crippen LogP contribution in [0.15, 0.2) is 70.7 Å². The number of hydrogen-bond donors (Lipinski definition) is 2. The zero-order valence-corrected chi connectivity index (χ0v) is 20.8. The Hall–Kier alpha value is -3.96. The van der Waals surface area contributed by atoms with Gasteiger partial charge in [-0.05, 0) is 55.5 Å². The molecule has 2 aliphatic rings. The number of benzene rings is 2. The van der Waals surface area contributed by atoms with Crippen molar-refractivity contribution in [1.29, 1.82) is 0 Å². The summed E-state index contributed by atoms with van der Waals surface area (Å²) in [5.41, 5.74) is -2.50. The predicted molar refractivity (Wildman–Crippen MR) is 135 cm³/mol. The number of anilines is 1. The molecule has 0 saturated heterocycles. The quantitative estimate of drug-likeness (QED) is 0.331. The normalized spacial score (nSPS) is 21.6. The van der Waals surface area contributed by atoms with Gasteiger partial charge in [-0.1, -0.05) is 30.3 Å². The van der Waals surface area contributed by atoms with Crippen molar-refractivity contribution in [1.82, 2.24) is 10.3 Å². The SMILES string of the molecule is O=C(N[C@@H]1CCC[C@H](Nc2cc(C(F)(F)F)nc3ccccc23)C1)C1=C(C(F)(F)F)C(c2cccc(F)c2)N=C1. The van der Waals surface area contributed by atoms with Gasteiger partial charge in [0.1, 0.15) is 17.6 Å². The van der Waals surface area contributed by atoms with Gasteiger partial charge in [0, 0.05) is 29.4 Å². The lowest BCUT2D eigenvalue weighted by molar-refractivity contribution is -0.140. The van der Waals surface area contributed by atoms with Crippen LogP contribution in [-0.4, -0.2) is 35.4 Å². The molecule has 5 nitrogen and oxygen atoms in total. The first-order chi connectivity index (χ1) is 18.9. The van der Waals surface area contributed by atoms with Crippen LogP contribution in [0, 0.1) is 5.82 Å². The number of aromatic nitrogens is 1. The average Bonchev–Trinajstić information content (AvgIpc) is 3.35. The Morgan fingerprint density at radius 3 is 2.38 bits per heavy atom. The Labute approximate surface area is 224 Å². The second kappa shape index (κ2) is 10.5. The summed E-state index contributed by atoms with van der Waals surface area (Å²) >= 11 is 0. The van der Waals surface area contributed by atoms with Crippen molar-refractivity contribution in [2.75, 3.05) is 5.32 Å². The minimum absolute atomic E-state index is 0.0314. The fourth-order valence-corrected chi connectivity index (χ4v) is 5.23. The summed E-state index contributed by atoms with van der Waals surface area (Å²) in [5.74, 6) is -1.69. The lowest BCUT2D eigenvalue weighted by Crippen LogP contribution is -2.43. The van der Waals surface area contributed by atoms with Crippen LogP contribution in [0.3, 0.4) is 0 Å². The van der Waals surface area contributed by atoms with Gasteiger partial charge in [-0.15, -0.1) is 0 Å². The number of hydrogen-bond acceptors (Lipinski definition) is 4. The molecule has 1 aliphatic carbocycles. The molecule has 0 bridgehead atoms. The molecule has 1 amide bonds. The van der Waals surface area contributed by atoms with Gasteiger partial charge in [0.15, 0.2) is 0 Å². The van der Waals surface area contributed by atoms with Crippen LogP contribution >= 0.6 is 0 Å². The van der Waals surface area contributed by atoms with E-state index in [0.29, 0.717) is 24.6 Å². The van der Waals surface area contributed by atoms with Crippen LogP contribution in [0.5, 0.6) is 0 Å². The van der Waals surface area contributed by atoms with Crippen molar-refractivity contribution in [3.05, 3.63) is 82.8 Å². The predicted octanol–water partition coefficient (Wildman–Crippen LogP) is 6.92. The molecule has 0 spiro atoms. The highest BCUT2D eigenvalue weighted by Gasteiger charge is 2.45. The Bertz CT molecular complexity index is 1500. The van der Waals surface area contributed by atoms with Crippen molar-refractivity contribution < 1.29 is 35.5 Å². The second-order valence-electron chi connectivity index (χ2n) is 9.81. The number of para-hydroxylation sites is 1. The van der Waals surface area contributed by atoms with Crippen molar-refractivity contribution in [2.24, 2.45) is 4.99 Å². The molecule has 2 heterocycles. The average molecular weight is 565 g/mol. The molecule has 3 aromatic rings. The van der Waals surface area contributed by atoms with Crippen molar-refractivity contribution in [3.8, 4) is 0 Å². The third-order valence-electron chi connectivity index (χ3n) is 7.01. The fourth-order valence-electron chi connectivity index (χ4n) is 5.23. The third-order valence-corrected chi connectivity index (χ3v) is 7.01. The largest absolute Gasteiger partial charge is 0.433 e. The van der Waals surface area contributed by atoms with Gasteiger partial charge in [-0.25, -0.2) is 9.37 Å². The van der Waals surface area contributed by atoms with Crippen molar-refractivity contribution >= 4 is 28.7 Å². The highest BCUT2D eigenvalue weighted by molar-refractivity contribution is 6.14. The molecular weight excluding hydrogens is 541 g/mol. The summed E-state index contributed by atoms with van der Waals surface area (Å²) in [5, 5.41) is 6.26. The topological polar surface area (TPSA) is 66.4 Å². The van der Waals surface area contributed by atoms with Crippen LogP contribution in [0.1, 0.15) is 43.0 Å². The Morgan fingerprint density at radius 1 is 0.900 bits per heavy atom. The number of aliphatic imine (C=N–C) groups is 1. The molecule has 1 aromatic heterocycles. The third kappa shape index (κ3) is 5.80. The van der Waals surface area contributed by atoms with Gasteiger partial charge < -0.3 is 10.6 Å². The summed E-state index contributed by atoms with van der Waals surface area (Å²) in [6.45, 7) is 0. The molecule has 1 unspecified atom stereocenters. The fraction of sp³-hybridized carbons (Fsp3) is 0.321. The van der Waals surface area contributed by atoms with E-state index in [1.807, 2.05) is 0 Å². The van der Waals surface area contributed by atoms with Gasteiger partial charge in [0.2, 0.25) is 0 Å². The minimum Gasteiger partial charge on any atom is -0.382 e. The molecule has 1 saturated carbocycles. The number of rotatable bonds is 5. The van der Waals surface area contributed by atoms with Gasteiger partial charge in [-0.2, -0.15) is 26.3 Å². The number of carbonyl (C=O) groups excluding carboxylic acids is 1. The lowest BCUT2D eigenvalue weighted by atomic mass is 9.90. The highest BCUT2D eigenvalue weighted by Crippen LogP contribution is 2.43. The zero-order chi connectivity index (χ0) is 28.7. The van der Waals surface area contributed by atoms with Crippen LogP contribution in [0.2, 0.25) is 0 Å². The number of alkyl halides is 6. The molecule has 1 aliphatic heterocycles. The number of nitrogens with one attached hydrogen (secondary N) is 2. The standard InChI is InChI=1S/C28H23F7N4O/c29-16-6-3-5-15(11-16)25-24(28(33,34)35)20(14-36-25)26(40)38-18-8-4-7-17(12-18)37-22-13-23(27(30,31)32)39-21-10-2-1-9-19(21)22/h1-3,5-6,9-11,13-14,17-18,25H,4,7-8,12H2,(H,37,39)(H,38,40)/t17-,18+,25?/m0/s1. The van der Waals surface area contributed by atoms with Gasteiger partial charge in [0.25, 0.3) is 5.91 Å². The van der Waals surface area contributed by atoms with E-state index in [0.717, 1.165) is 24.4 Å².